The van der Waals surface area contributed by atoms with Crippen molar-refractivity contribution in [2.75, 3.05) is 25.1 Å². The first kappa shape index (κ1) is 20.6. The van der Waals surface area contributed by atoms with Crippen LogP contribution in [-0.2, 0) is 14.9 Å². The molecule has 0 heterocycles. The number of carbonyl (C=O) groups excluding carboxylic acids is 2. The van der Waals surface area contributed by atoms with Crippen LogP contribution in [0.3, 0.4) is 0 Å². The Kier molecular flexibility index (Phi) is 7.13. The quantitative estimate of drug-likeness (QED) is 0.579. The van der Waals surface area contributed by atoms with Crippen LogP contribution in [0.1, 0.15) is 54.0 Å². The third-order valence-corrected chi connectivity index (χ3v) is 4.03. The lowest BCUT2D eigenvalue weighted by molar-refractivity contribution is 0.0335. The van der Waals surface area contributed by atoms with E-state index in [9.17, 15) is 9.59 Å². The number of esters is 1. The molecule has 0 saturated heterocycles. The molecule has 0 aliphatic heterocycles. The topological polar surface area (TPSA) is 64.6 Å². The highest BCUT2D eigenvalue weighted by molar-refractivity contribution is 6.04. The first-order valence-electron chi connectivity index (χ1n) is 9.08. The van der Waals surface area contributed by atoms with E-state index in [0.717, 1.165) is 5.56 Å². The maximum atomic E-state index is 12.5. The van der Waals surface area contributed by atoms with E-state index in [1.807, 2.05) is 31.2 Å². The van der Waals surface area contributed by atoms with Crippen LogP contribution in [0.2, 0.25) is 0 Å². The number of hydrogen-bond donors (Lipinski definition) is 1. The molecule has 0 spiro atoms. The van der Waals surface area contributed by atoms with Crippen molar-refractivity contribution in [2.45, 2.75) is 33.1 Å². The van der Waals surface area contributed by atoms with E-state index in [2.05, 4.69) is 26.1 Å². The number of ether oxygens (including phenoxy) is 2. The summed E-state index contributed by atoms with van der Waals surface area (Å²) in [6.45, 7) is 9.40. The molecule has 0 saturated carbocycles. The van der Waals surface area contributed by atoms with Crippen LogP contribution in [0.25, 0.3) is 0 Å². The normalized spacial score (nSPS) is 11.1. The van der Waals surface area contributed by atoms with Gasteiger partial charge in [0.25, 0.3) is 5.91 Å². The Morgan fingerprint density at radius 1 is 0.963 bits per heavy atom. The summed E-state index contributed by atoms with van der Waals surface area (Å²) in [5.41, 5.74) is 2.68. The van der Waals surface area contributed by atoms with E-state index in [-0.39, 0.29) is 17.9 Å². The third-order valence-electron chi connectivity index (χ3n) is 4.03. The van der Waals surface area contributed by atoms with Crippen molar-refractivity contribution in [1.29, 1.82) is 0 Å². The second-order valence-corrected chi connectivity index (χ2v) is 7.20. The lowest BCUT2D eigenvalue weighted by atomic mass is 9.87. The highest BCUT2D eigenvalue weighted by atomic mass is 16.6. The molecule has 1 amide bonds. The molecular formula is C22H27NO4. The van der Waals surface area contributed by atoms with Gasteiger partial charge < -0.3 is 14.8 Å². The van der Waals surface area contributed by atoms with Crippen LogP contribution < -0.4 is 5.32 Å². The molecular weight excluding hydrogens is 342 g/mol. The third kappa shape index (κ3) is 6.22. The minimum Gasteiger partial charge on any atom is -0.460 e. The van der Waals surface area contributed by atoms with E-state index in [1.165, 1.54) is 0 Å². The van der Waals surface area contributed by atoms with Gasteiger partial charge in [-0.1, -0.05) is 39.0 Å². The largest absolute Gasteiger partial charge is 0.460 e. The van der Waals surface area contributed by atoms with Gasteiger partial charge in [0.1, 0.15) is 6.61 Å². The predicted molar refractivity (Wildman–Crippen MR) is 106 cm³/mol. The average Bonchev–Trinajstić information content (AvgIpc) is 2.64. The maximum Gasteiger partial charge on any atom is 0.338 e. The zero-order valence-corrected chi connectivity index (χ0v) is 16.4. The monoisotopic (exact) mass is 369 g/mol. The zero-order valence-electron chi connectivity index (χ0n) is 16.4. The van der Waals surface area contributed by atoms with E-state index >= 15 is 0 Å². The highest BCUT2D eigenvalue weighted by Gasteiger charge is 2.15. The second-order valence-electron chi connectivity index (χ2n) is 7.20. The Bertz CT molecular complexity index is 776. The molecule has 0 aliphatic carbocycles. The molecule has 1 N–H and O–H groups in total. The summed E-state index contributed by atoms with van der Waals surface area (Å²) >= 11 is 0. The number of amides is 1. The van der Waals surface area contributed by atoms with Crippen LogP contribution in [0, 0.1) is 0 Å². The second kappa shape index (κ2) is 9.33. The average molecular weight is 369 g/mol. The van der Waals surface area contributed by atoms with Crippen molar-refractivity contribution in [1.82, 2.24) is 0 Å². The van der Waals surface area contributed by atoms with Crippen LogP contribution in [0.15, 0.2) is 48.5 Å². The van der Waals surface area contributed by atoms with E-state index < -0.39 is 5.97 Å². The maximum absolute atomic E-state index is 12.5. The smallest absolute Gasteiger partial charge is 0.338 e. The summed E-state index contributed by atoms with van der Waals surface area (Å²) in [7, 11) is 0. The summed E-state index contributed by atoms with van der Waals surface area (Å²) in [6.07, 6.45) is 0. The Morgan fingerprint density at radius 2 is 1.67 bits per heavy atom. The number of benzene rings is 2. The number of nitrogens with one attached hydrogen (secondary N) is 1. The molecule has 2 aromatic carbocycles. The summed E-state index contributed by atoms with van der Waals surface area (Å²) in [5, 5.41) is 2.82. The van der Waals surface area contributed by atoms with Crippen molar-refractivity contribution < 1.29 is 19.1 Å². The number of anilines is 1. The van der Waals surface area contributed by atoms with Gasteiger partial charge in [0.15, 0.2) is 0 Å². The minimum absolute atomic E-state index is 0.0336. The van der Waals surface area contributed by atoms with Gasteiger partial charge in [-0.15, -0.1) is 0 Å². The molecule has 5 heteroatoms. The van der Waals surface area contributed by atoms with Gasteiger partial charge in [0, 0.05) is 17.9 Å². The van der Waals surface area contributed by atoms with Crippen molar-refractivity contribution in [3.05, 3.63) is 65.2 Å². The van der Waals surface area contributed by atoms with Crippen LogP contribution in [0.5, 0.6) is 0 Å². The first-order valence-corrected chi connectivity index (χ1v) is 9.08. The summed E-state index contributed by atoms with van der Waals surface area (Å²) in [4.78, 5) is 24.5. The number of rotatable bonds is 7. The lowest BCUT2D eigenvalue weighted by Crippen LogP contribution is -2.15. The molecule has 2 rings (SSSR count). The molecule has 0 radical (unpaired) electrons. The van der Waals surface area contributed by atoms with E-state index in [4.69, 9.17) is 9.47 Å². The van der Waals surface area contributed by atoms with Gasteiger partial charge in [-0.3, -0.25) is 4.79 Å². The molecule has 0 atom stereocenters. The van der Waals surface area contributed by atoms with Crippen molar-refractivity contribution >= 4 is 17.6 Å². The van der Waals surface area contributed by atoms with Gasteiger partial charge in [0.2, 0.25) is 0 Å². The Balaban J connectivity index is 2.00. The molecule has 0 fully saturated rings. The summed E-state index contributed by atoms with van der Waals surface area (Å²) in [5.74, 6) is -0.669. The fourth-order valence-corrected chi connectivity index (χ4v) is 2.47. The van der Waals surface area contributed by atoms with Crippen molar-refractivity contribution in [3.8, 4) is 0 Å². The molecule has 0 aromatic heterocycles. The van der Waals surface area contributed by atoms with E-state index in [0.29, 0.717) is 30.0 Å². The SMILES string of the molecule is CCOCCOC(=O)c1cccc(NC(=O)c2ccc(C(C)(C)C)cc2)c1. The van der Waals surface area contributed by atoms with Gasteiger partial charge in [-0.05, 0) is 48.2 Å². The van der Waals surface area contributed by atoms with Crippen molar-refractivity contribution in [2.24, 2.45) is 0 Å². The zero-order chi connectivity index (χ0) is 19.9. The standard InChI is InChI=1S/C22H27NO4/c1-5-26-13-14-27-21(25)17-7-6-8-19(15-17)23-20(24)16-9-11-18(12-10-16)22(2,3)4/h6-12,15H,5,13-14H2,1-4H3,(H,23,24). The molecule has 2 aromatic rings. The van der Waals surface area contributed by atoms with Gasteiger partial charge in [0.05, 0.1) is 12.2 Å². The lowest BCUT2D eigenvalue weighted by Gasteiger charge is -2.19. The fourth-order valence-electron chi connectivity index (χ4n) is 2.47. The Morgan fingerprint density at radius 3 is 2.30 bits per heavy atom. The minimum atomic E-state index is -0.444. The predicted octanol–water partition coefficient (Wildman–Crippen LogP) is 4.43. The Labute approximate surface area is 160 Å². The van der Waals surface area contributed by atoms with Gasteiger partial charge in [-0.2, -0.15) is 0 Å². The van der Waals surface area contributed by atoms with Crippen LogP contribution in [0.4, 0.5) is 5.69 Å². The highest BCUT2D eigenvalue weighted by Crippen LogP contribution is 2.22. The Hall–Kier alpha value is -2.66. The fraction of sp³-hybridized carbons (Fsp3) is 0.364. The molecule has 0 bridgehead atoms. The summed E-state index contributed by atoms with van der Waals surface area (Å²) < 4.78 is 10.3. The molecule has 0 aliphatic rings. The number of hydrogen-bond acceptors (Lipinski definition) is 4. The molecule has 144 valence electrons. The first-order chi connectivity index (χ1) is 12.8. The van der Waals surface area contributed by atoms with E-state index in [1.54, 1.807) is 24.3 Å². The summed E-state index contributed by atoms with van der Waals surface area (Å²) in [6, 6.07) is 14.2. The number of carbonyl (C=O) groups is 2. The molecule has 5 nitrogen and oxygen atoms in total. The van der Waals surface area contributed by atoms with Gasteiger partial charge >= 0.3 is 5.97 Å². The molecule has 27 heavy (non-hydrogen) atoms. The molecule has 0 unspecified atom stereocenters. The van der Waals surface area contributed by atoms with Gasteiger partial charge in [-0.25, -0.2) is 4.79 Å². The van der Waals surface area contributed by atoms with Crippen LogP contribution in [-0.4, -0.2) is 31.7 Å². The van der Waals surface area contributed by atoms with Crippen molar-refractivity contribution in [3.63, 3.8) is 0 Å². The van der Waals surface area contributed by atoms with Crippen LogP contribution >= 0.6 is 0 Å².